The van der Waals surface area contributed by atoms with Crippen LogP contribution >= 0.6 is 7.60 Å². The number of phenols is 1. The zero-order chi connectivity index (χ0) is 19.9. The first kappa shape index (κ1) is 19.9. The molecule has 5 nitrogen and oxygen atoms in total. The molecular formula is C20H24FO5P. The maximum Gasteiger partial charge on any atom is 0.362 e. The summed E-state index contributed by atoms with van der Waals surface area (Å²) in [6.45, 7) is 5.80. The minimum atomic E-state index is -4.25. The molecule has 1 atom stereocenters. The van der Waals surface area contributed by atoms with Crippen molar-refractivity contribution < 1.29 is 28.6 Å². The molecule has 0 saturated carbocycles. The van der Waals surface area contributed by atoms with Crippen LogP contribution < -0.4 is 4.74 Å². The van der Waals surface area contributed by atoms with Gasteiger partial charge in [-0.25, -0.2) is 4.39 Å². The van der Waals surface area contributed by atoms with E-state index in [0.29, 0.717) is 11.3 Å². The van der Waals surface area contributed by atoms with E-state index in [1.54, 1.807) is 18.2 Å². The molecule has 0 spiro atoms. The summed E-state index contributed by atoms with van der Waals surface area (Å²) in [7, 11) is -4.25. The quantitative estimate of drug-likeness (QED) is 0.648. The van der Waals surface area contributed by atoms with Crippen molar-refractivity contribution >= 4 is 7.60 Å². The van der Waals surface area contributed by atoms with Crippen molar-refractivity contribution in [2.45, 2.75) is 45.4 Å². The highest BCUT2D eigenvalue weighted by Gasteiger charge is 2.30. The Kier molecular flexibility index (Phi) is 5.35. The van der Waals surface area contributed by atoms with Crippen LogP contribution in [0.5, 0.6) is 11.5 Å². The molecule has 0 fully saturated rings. The average molecular weight is 394 g/mol. The van der Waals surface area contributed by atoms with Gasteiger partial charge >= 0.3 is 7.60 Å². The third-order valence-corrected chi connectivity index (χ3v) is 5.51. The third kappa shape index (κ3) is 4.18. The highest BCUT2D eigenvalue weighted by Crippen LogP contribution is 2.45. The molecule has 0 bridgehead atoms. The molecule has 2 aromatic carbocycles. The maximum atomic E-state index is 14.6. The topological polar surface area (TPSA) is 87.0 Å². The highest BCUT2D eigenvalue weighted by molar-refractivity contribution is 7.51. The minimum Gasteiger partial charge on any atom is -0.508 e. The number of aryl methyl sites for hydroxylation is 2. The molecule has 2 aromatic rings. The summed E-state index contributed by atoms with van der Waals surface area (Å²) in [5.74, 6) is -0.0775. The van der Waals surface area contributed by atoms with E-state index in [4.69, 9.17) is 14.5 Å². The predicted octanol–water partition coefficient (Wildman–Crippen LogP) is 4.56. The van der Waals surface area contributed by atoms with E-state index in [9.17, 15) is 14.1 Å². The largest absolute Gasteiger partial charge is 0.508 e. The number of hydrogen-bond donors (Lipinski definition) is 3. The molecule has 0 heterocycles. The van der Waals surface area contributed by atoms with Gasteiger partial charge in [-0.3, -0.25) is 4.57 Å². The Morgan fingerprint density at radius 1 is 1.26 bits per heavy atom. The summed E-state index contributed by atoms with van der Waals surface area (Å²) in [6, 6.07) is 6.45. The molecular weight excluding hydrogens is 370 g/mol. The second-order valence-corrected chi connectivity index (χ2v) is 9.02. The number of fused-ring (bicyclic) bond motifs is 1. The van der Waals surface area contributed by atoms with Crippen molar-refractivity contribution in [2.24, 2.45) is 0 Å². The summed E-state index contributed by atoms with van der Waals surface area (Å²) in [5.41, 5.74) is 4.22. The van der Waals surface area contributed by atoms with E-state index in [1.807, 2.05) is 20.8 Å². The monoisotopic (exact) mass is 394 g/mol. The zero-order valence-corrected chi connectivity index (χ0v) is 16.5. The van der Waals surface area contributed by atoms with Gasteiger partial charge in [0.2, 0.25) is 0 Å². The fraction of sp³-hybridized carbons (Fsp3) is 0.400. The summed E-state index contributed by atoms with van der Waals surface area (Å²) >= 11 is 0. The van der Waals surface area contributed by atoms with Gasteiger partial charge in [0.15, 0.2) is 6.35 Å². The Morgan fingerprint density at radius 2 is 1.96 bits per heavy atom. The lowest BCUT2D eigenvalue weighted by molar-refractivity contribution is 0.300. The predicted molar refractivity (Wildman–Crippen MR) is 101 cm³/mol. The van der Waals surface area contributed by atoms with E-state index in [-0.39, 0.29) is 17.6 Å². The molecule has 0 aromatic heterocycles. The third-order valence-electron chi connectivity index (χ3n) is 5.04. The van der Waals surface area contributed by atoms with Crippen LogP contribution in [0, 0.1) is 12.7 Å². The first-order valence-electron chi connectivity index (χ1n) is 8.90. The molecule has 1 aliphatic carbocycles. The number of aromatic hydroxyl groups is 1. The Bertz CT molecular complexity index is 919. The lowest BCUT2D eigenvalue weighted by atomic mass is 9.87. The lowest BCUT2D eigenvalue weighted by Crippen LogP contribution is -2.05. The van der Waals surface area contributed by atoms with Gasteiger partial charge in [0, 0.05) is 12.0 Å². The van der Waals surface area contributed by atoms with Crippen LogP contribution in [0.4, 0.5) is 4.39 Å². The number of ether oxygens (including phenoxy) is 1. The van der Waals surface area contributed by atoms with Crippen molar-refractivity contribution in [1.29, 1.82) is 0 Å². The number of rotatable bonds is 5. The van der Waals surface area contributed by atoms with E-state index < -0.39 is 19.8 Å². The summed E-state index contributed by atoms with van der Waals surface area (Å²) < 4.78 is 30.9. The Hall–Kier alpha value is -1.88. The van der Waals surface area contributed by atoms with Crippen molar-refractivity contribution in [3.63, 3.8) is 0 Å². The molecule has 0 amide bonds. The van der Waals surface area contributed by atoms with Gasteiger partial charge in [-0.15, -0.1) is 0 Å². The van der Waals surface area contributed by atoms with Gasteiger partial charge in [0.1, 0.15) is 17.3 Å². The minimum absolute atomic E-state index is 0.0256. The van der Waals surface area contributed by atoms with Crippen LogP contribution in [0.25, 0.3) is 0 Å². The first-order valence-corrected chi connectivity index (χ1v) is 10.7. The zero-order valence-electron chi connectivity index (χ0n) is 15.6. The summed E-state index contributed by atoms with van der Waals surface area (Å²) in [4.78, 5) is 18.0. The van der Waals surface area contributed by atoms with Gasteiger partial charge in [0.05, 0.1) is 0 Å². The average Bonchev–Trinajstić information content (AvgIpc) is 2.96. The Balaban J connectivity index is 1.98. The number of hydrogen-bond acceptors (Lipinski definition) is 3. The number of halogens is 1. The normalized spacial score (nSPS) is 16.6. The molecule has 0 unspecified atom stereocenters. The molecule has 7 heteroatoms. The van der Waals surface area contributed by atoms with Gasteiger partial charge in [-0.2, -0.15) is 0 Å². The van der Waals surface area contributed by atoms with Crippen LogP contribution in [0.2, 0.25) is 0 Å². The first-order chi connectivity index (χ1) is 12.6. The maximum absolute atomic E-state index is 14.6. The Morgan fingerprint density at radius 3 is 2.59 bits per heavy atom. The van der Waals surface area contributed by atoms with E-state index in [0.717, 1.165) is 35.1 Å². The highest BCUT2D eigenvalue weighted by atomic mass is 31.2. The van der Waals surface area contributed by atoms with Crippen molar-refractivity contribution in [3.8, 4) is 11.5 Å². The number of benzene rings is 2. The van der Waals surface area contributed by atoms with Gasteiger partial charge in [-0.1, -0.05) is 13.8 Å². The smallest absolute Gasteiger partial charge is 0.362 e. The molecule has 0 aliphatic heterocycles. The number of phenolic OH excluding ortho intramolecular Hbond substituents is 1. The molecule has 1 aliphatic rings. The summed E-state index contributed by atoms with van der Waals surface area (Å²) in [5, 5.41) is 10.0. The van der Waals surface area contributed by atoms with Crippen molar-refractivity contribution in [2.75, 3.05) is 6.35 Å². The standard InChI is InChI=1S/C20H24FO5P/c1-11(2)16-8-17(18(21)9-19(16)22)15-5-4-13-7-14(6-12(3)20(13)15)26-10-27(23,24)25/h6-9,11,15,22H,4-5,10H2,1-3H3,(H2,23,24,25)/t15-/m1/s1. The molecule has 146 valence electrons. The fourth-order valence-electron chi connectivity index (χ4n) is 3.86. The Labute approximate surface area is 158 Å². The van der Waals surface area contributed by atoms with Crippen LogP contribution in [0.3, 0.4) is 0 Å². The van der Waals surface area contributed by atoms with Crippen LogP contribution in [-0.2, 0) is 11.0 Å². The molecule has 0 radical (unpaired) electrons. The van der Waals surface area contributed by atoms with Crippen molar-refractivity contribution in [1.82, 2.24) is 0 Å². The van der Waals surface area contributed by atoms with Gasteiger partial charge < -0.3 is 19.6 Å². The summed E-state index contributed by atoms with van der Waals surface area (Å²) in [6.07, 6.45) is 0.793. The van der Waals surface area contributed by atoms with Crippen LogP contribution in [0.15, 0.2) is 24.3 Å². The van der Waals surface area contributed by atoms with Gasteiger partial charge in [-0.05, 0) is 71.7 Å². The van der Waals surface area contributed by atoms with E-state index >= 15 is 0 Å². The SMILES string of the molecule is Cc1cc(OCP(=O)(O)O)cc2c1[C@@H](c1cc(C(C)C)c(O)cc1F)CC2. The molecule has 0 saturated heterocycles. The lowest BCUT2D eigenvalue weighted by Gasteiger charge is -2.19. The van der Waals surface area contributed by atoms with E-state index in [1.165, 1.54) is 6.07 Å². The van der Waals surface area contributed by atoms with E-state index in [2.05, 4.69) is 0 Å². The molecule has 3 rings (SSSR count). The second-order valence-electron chi connectivity index (χ2n) is 7.43. The van der Waals surface area contributed by atoms with Crippen LogP contribution in [-0.4, -0.2) is 21.2 Å². The molecule has 3 N–H and O–H groups in total. The van der Waals surface area contributed by atoms with Gasteiger partial charge in [0.25, 0.3) is 0 Å². The van der Waals surface area contributed by atoms with Crippen molar-refractivity contribution in [3.05, 3.63) is 57.9 Å². The molecule has 27 heavy (non-hydrogen) atoms. The second kappa shape index (κ2) is 7.27. The fourth-order valence-corrected chi connectivity index (χ4v) is 4.18. The van der Waals surface area contributed by atoms with Crippen LogP contribution in [0.1, 0.15) is 59.9 Å².